The van der Waals surface area contributed by atoms with Crippen molar-refractivity contribution in [3.05, 3.63) is 29.8 Å². The largest absolute Gasteiger partial charge is 0.491 e. The summed E-state index contributed by atoms with van der Waals surface area (Å²) in [5.41, 5.74) is 1.41. The van der Waals surface area contributed by atoms with Crippen LogP contribution < -0.4 is 10.1 Å². The van der Waals surface area contributed by atoms with E-state index in [9.17, 15) is 0 Å². The van der Waals surface area contributed by atoms with Crippen molar-refractivity contribution >= 4 is 0 Å². The van der Waals surface area contributed by atoms with Crippen molar-refractivity contribution in [2.45, 2.75) is 77.4 Å². The quantitative estimate of drug-likeness (QED) is 0.753. The molecule has 1 aliphatic carbocycles. The molecule has 1 aliphatic rings. The van der Waals surface area contributed by atoms with Crippen LogP contribution >= 0.6 is 0 Å². The van der Waals surface area contributed by atoms with Gasteiger partial charge in [0.05, 0.1) is 6.10 Å². The van der Waals surface area contributed by atoms with E-state index >= 15 is 0 Å². The zero-order valence-corrected chi connectivity index (χ0v) is 13.9. The number of rotatable bonds is 6. The fraction of sp³-hybridized carbons (Fsp3) is 0.684. The molecule has 1 fully saturated rings. The Morgan fingerprint density at radius 3 is 2.71 bits per heavy atom. The summed E-state index contributed by atoms with van der Waals surface area (Å²) >= 11 is 0. The first kappa shape index (κ1) is 16.4. The Balaban J connectivity index is 2.11. The minimum atomic E-state index is 0.242. The molecular formula is C19H31NO. The van der Waals surface area contributed by atoms with Crippen molar-refractivity contribution in [1.82, 2.24) is 5.32 Å². The number of nitrogens with one attached hydrogen (secondary N) is 1. The third-order valence-electron chi connectivity index (χ3n) is 4.33. The van der Waals surface area contributed by atoms with E-state index in [1.54, 1.807) is 0 Å². The maximum absolute atomic E-state index is 6.04. The van der Waals surface area contributed by atoms with Crippen LogP contribution in [0.5, 0.6) is 5.75 Å². The van der Waals surface area contributed by atoms with E-state index in [2.05, 4.69) is 50.4 Å². The molecule has 2 atom stereocenters. The topological polar surface area (TPSA) is 21.3 Å². The molecule has 2 heteroatoms. The van der Waals surface area contributed by atoms with Gasteiger partial charge in [0, 0.05) is 6.04 Å². The molecule has 118 valence electrons. The Morgan fingerprint density at radius 1 is 1.19 bits per heavy atom. The van der Waals surface area contributed by atoms with Crippen LogP contribution in [-0.2, 0) is 0 Å². The van der Waals surface area contributed by atoms with E-state index < -0.39 is 0 Å². The molecule has 0 aromatic heterocycles. The van der Waals surface area contributed by atoms with E-state index in [0.717, 1.165) is 12.3 Å². The van der Waals surface area contributed by atoms with Crippen LogP contribution in [0.15, 0.2) is 24.3 Å². The summed E-state index contributed by atoms with van der Waals surface area (Å²) in [5, 5.41) is 3.73. The van der Waals surface area contributed by atoms with Gasteiger partial charge in [-0.05, 0) is 63.6 Å². The van der Waals surface area contributed by atoms with E-state index in [-0.39, 0.29) is 6.10 Å². The first-order valence-corrected chi connectivity index (χ1v) is 8.69. The molecule has 1 saturated carbocycles. The lowest BCUT2D eigenvalue weighted by Crippen LogP contribution is -2.30. The van der Waals surface area contributed by atoms with Gasteiger partial charge in [-0.25, -0.2) is 0 Å². The van der Waals surface area contributed by atoms with Gasteiger partial charge in [-0.2, -0.15) is 0 Å². The molecule has 2 unspecified atom stereocenters. The number of hydrogen-bond acceptors (Lipinski definition) is 2. The molecule has 21 heavy (non-hydrogen) atoms. The van der Waals surface area contributed by atoms with Crippen LogP contribution in [-0.4, -0.2) is 18.7 Å². The molecular weight excluding hydrogens is 258 g/mol. The normalized spacial score (nSPS) is 23.0. The number of para-hydroxylation sites is 1. The van der Waals surface area contributed by atoms with Gasteiger partial charge in [0.25, 0.3) is 0 Å². The highest BCUT2D eigenvalue weighted by Crippen LogP contribution is 2.37. The Bertz CT molecular complexity index is 416. The second-order valence-electron chi connectivity index (χ2n) is 6.57. The predicted molar refractivity (Wildman–Crippen MR) is 90.1 cm³/mol. The maximum atomic E-state index is 6.04. The smallest absolute Gasteiger partial charge is 0.123 e. The van der Waals surface area contributed by atoms with Crippen molar-refractivity contribution < 1.29 is 4.74 Å². The Labute approximate surface area is 130 Å². The van der Waals surface area contributed by atoms with Crippen LogP contribution in [0.2, 0.25) is 0 Å². The maximum Gasteiger partial charge on any atom is 0.123 e. The van der Waals surface area contributed by atoms with E-state index in [1.165, 1.54) is 44.1 Å². The summed E-state index contributed by atoms with van der Waals surface area (Å²) in [7, 11) is 0. The lowest BCUT2D eigenvalue weighted by molar-refractivity contribution is 0.237. The van der Waals surface area contributed by atoms with Crippen molar-refractivity contribution in [1.29, 1.82) is 0 Å². The molecule has 0 radical (unpaired) electrons. The lowest BCUT2D eigenvalue weighted by atomic mass is 9.89. The van der Waals surface area contributed by atoms with Crippen LogP contribution in [0, 0.1) is 0 Å². The minimum absolute atomic E-state index is 0.242. The minimum Gasteiger partial charge on any atom is -0.491 e. The predicted octanol–water partition coefficient (Wildman–Crippen LogP) is 4.89. The second-order valence-corrected chi connectivity index (χ2v) is 6.57. The first-order valence-electron chi connectivity index (χ1n) is 8.69. The van der Waals surface area contributed by atoms with Gasteiger partial charge < -0.3 is 10.1 Å². The zero-order valence-electron chi connectivity index (χ0n) is 13.9. The van der Waals surface area contributed by atoms with Crippen LogP contribution in [0.3, 0.4) is 0 Å². The highest BCUT2D eigenvalue weighted by atomic mass is 16.5. The van der Waals surface area contributed by atoms with Gasteiger partial charge in [-0.1, -0.05) is 38.0 Å². The molecule has 0 spiro atoms. The Kier molecular flexibility index (Phi) is 6.56. The standard InChI is InChI=1S/C19H31NO/c1-4-13-20-17-10-6-5-9-16(14-17)18-11-7-8-12-19(18)21-15(2)3/h7-8,11-12,15-17,20H,4-6,9-10,13-14H2,1-3H3. The van der Waals surface area contributed by atoms with Crippen LogP contribution in [0.1, 0.15) is 70.8 Å². The summed E-state index contributed by atoms with van der Waals surface area (Å²) in [6.07, 6.45) is 8.01. The molecule has 0 saturated heterocycles. The van der Waals surface area contributed by atoms with Gasteiger partial charge >= 0.3 is 0 Å². The van der Waals surface area contributed by atoms with Crippen molar-refractivity contribution in [3.63, 3.8) is 0 Å². The third kappa shape index (κ3) is 5.03. The molecule has 2 nitrogen and oxygen atoms in total. The van der Waals surface area contributed by atoms with Crippen molar-refractivity contribution in [2.24, 2.45) is 0 Å². The molecule has 0 heterocycles. The summed E-state index contributed by atoms with van der Waals surface area (Å²) in [5.74, 6) is 1.73. The summed E-state index contributed by atoms with van der Waals surface area (Å²) < 4.78 is 6.04. The number of benzene rings is 1. The summed E-state index contributed by atoms with van der Waals surface area (Å²) in [6.45, 7) is 7.60. The average Bonchev–Trinajstić information content (AvgIpc) is 2.70. The first-order chi connectivity index (χ1) is 10.2. The summed E-state index contributed by atoms with van der Waals surface area (Å²) in [6, 6.07) is 9.32. The van der Waals surface area contributed by atoms with Gasteiger partial charge in [0.15, 0.2) is 0 Å². The highest BCUT2D eigenvalue weighted by molar-refractivity contribution is 5.36. The molecule has 0 aliphatic heterocycles. The van der Waals surface area contributed by atoms with Crippen LogP contribution in [0.25, 0.3) is 0 Å². The molecule has 1 N–H and O–H groups in total. The van der Waals surface area contributed by atoms with E-state index in [1.807, 2.05) is 0 Å². The lowest BCUT2D eigenvalue weighted by Gasteiger charge is -2.24. The second kappa shape index (κ2) is 8.43. The SMILES string of the molecule is CCCNC1CCCCC(c2ccccc2OC(C)C)C1. The number of hydrogen-bond donors (Lipinski definition) is 1. The van der Waals surface area contributed by atoms with Crippen molar-refractivity contribution in [2.75, 3.05) is 6.54 Å². The Hall–Kier alpha value is -1.02. The van der Waals surface area contributed by atoms with Crippen LogP contribution in [0.4, 0.5) is 0 Å². The fourth-order valence-electron chi connectivity index (χ4n) is 3.36. The zero-order chi connectivity index (χ0) is 15.1. The van der Waals surface area contributed by atoms with Gasteiger partial charge in [0.2, 0.25) is 0 Å². The molecule has 1 aromatic rings. The monoisotopic (exact) mass is 289 g/mol. The summed E-state index contributed by atoms with van der Waals surface area (Å²) in [4.78, 5) is 0. The van der Waals surface area contributed by atoms with E-state index in [4.69, 9.17) is 4.74 Å². The van der Waals surface area contributed by atoms with E-state index in [0.29, 0.717) is 12.0 Å². The average molecular weight is 289 g/mol. The van der Waals surface area contributed by atoms with Gasteiger partial charge in [0.1, 0.15) is 5.75 Å². The van der Waals surface area contributed by atoms with Gasteiger partial charge in [-0.3, -0.25) is 0 Å². The number of ether oxygens (including phenoxy) is 1. The Morgan fingerprint density at radius 2 is 1.95 bits per heavy atom. The molecule has 0 bridgehead atoms. The molecule has 1 aromatic carbocycles. The highest BCUT2D eigenvalue weighted by Gasteiger charge is 2.23. The molecule has 2 rings (SSSR count). The third-order valence-corrected chi connectivity index (χ3v) is 4.33. The fourth-order valence-corrected chi connectivity index (χ4v) is 3.36. The van der Waals surface area contributed by atoms with Gasteiger partial charge in [-0.15, -0.1) is 0 Å². The molecule has 0 amide bonds. The van der Waals surface area contributed by atoms with Crippen molar-refractivity contribution in [3.8, 4) is 5.75 Å².